The lowest BCUT2D eigenvalue weighted by molar-refractivity contribution is -0.148. The van der Waals surface area contributed by atoms with Gasteiger partial charge in [0.15, 0.2) is 6.10 Å². The lowest BCUT2D eigenvalue weighted by atomic mass is 9.96. The van der Waals surface area contributed by atoms with Crippen LogP contribution < -0.4 is 0 Å². The van der Waals surface area contributed by atoms with Gasteiger partial charge in [0.25, 0.3) is 0 Å². The van der Waals surface area contributed by atoms with Crippen molar-refractivity contribution in [2.75, 3.05) is 0 Å². The van der Waals surface area contributed by atoms with Gasteiger partial charge in [-0.15, -0.1) is 0 Å². The highest BCUT2D eigenvalue weighted by atomic mass is 16.8. The van der Waals surface area contributed by atoms with Crippen molar-refractivity contribution in [1.82, 2.24) is 0 Å². The Morgan fingerprint density at radius 2 is 2.00 bits per heavy atom. The molecule has 1 heterocycles. The number of cyclic esters (lactones) is 1. The zero-order valence-corrected chi connectivity index (χ0v) is 13.5. The van der Waals surface area contributed by atoms with Crippen LogP contribution in [0.4, 0.5) is 0 Å². The molecule has 0 amide bonds. The molecule has 1 fully saturated rings. The van der Waals surface area contributed by atoms with E-state index in [1.165, 1.54) is 0 Å². The number of carbonyl (C=O) groups excluding carboxylic acids is 1. The minimum Gasteiger partial charge on any atom is -0.433 e. The van der Waals surface area contributed by atoms with Crippen LogP contribution >= 0.6 is 0 Å². The van der Waals surface area contributed by atoms with Crippen molar-refractivity contribution in [3.05, 3.63) is 48.0 Å². The lowest BCUT2D eigenvalue weighted by Crippen LogP contribution is -2.22. The standard InChI is InChI=1S/C19H26O3/c1-3-5-8-14-16(11-6-4-2)19-21-17(18(20)22-19)15-12-9-7-10-13-15/h3,5,7,9-10,12-13,16-17,19H,4,6,8,11,14H2,1-2H3. The first kappa shape index (κ1) is 16.8. The Morgan fingerprint density at radius 1 is 1.23 bits per heavy atom. The SMILES string of the molecule is CC=CCCC(CCCC)C1OC(=O)C(c2ccccc2)O1. The highest BCUT2D eigenvalue weighted by Gasteiger charge is 2.40. The highest BCUT2D eigenvalue weighted by Crippen LogP contribution is 2.34. The molecule has 1 saturated heterocycles. The predicted molar refractivity (Wildman–Crippen MR) is 87.2 cm³/mol. The van der Waals surface area contributed by atoms with Gasteiger partial charge in [-0.3, -0.25) is 0 Å². The monoisotopic (exact) mass is 302 g/mol. The fraction of sp³-hybridized carbons (Fsp3) is 0.526. The Bertz CT molecular complexity index is 481. The number of esters is 1. The average molecular weight is 302 g/mol. The Balaban J connectivity index is 2.01. The van der Waals surface area contributed by atoms with E-state index in [4.69, 9.17) is 9.47 Å². The number of benzene rings is 1. The number of hydrogen-bond acceptors (Lipinski definition) is 3. The molecule has 0 spiro atoms. The Morgan fingerprint density at radius 3 is 2.68 bits per heavy atom. The predicted octanol–water partition coefficient (Wildman–Crippen LogP) is 4.79. The molecule has 120 valence electrons. The first-order valence-electron chi connectivity index (χ1n) is 8.28. The van der Waals surface area contributed by atoms with Gasteiger partial charge in [-0.05, 0) is 31.7 Å². The average Bonchev–Trinajstić information content (AvgIpc) is 2.93. The van der Waals surface area contributed by atoms with Gasteiger partial charge in [0, 0.05) is 5.92 Å². The second-order valence-corrected chi connectivity index (χ2v) is 5.78. The summed E-state index contributed by atoms with van der Waals surface area (Å²) in [7, 11) is 0. The number of hydrogen-bond donors (Lipinski definition) is 0. The van der Waals surface area contributed by atoms with E-state index in [1.807, 2.05) is 37.3 Å². The van der Waals surface area contributed by atoms with E-state index in [0.29, 0.717) is 0 Å². The zero-order chi connectivity index (χ0) is 15.8. The van der Waals surface area contributed by atoms with Crippen molar-refractivity contribution in [2.45, 2.75) is 58.3 Å². The van der Waals surface area contributed by atoms with E-state index in [0.717, 1.165) is 37.7 Å². The molecule has 3 unspecified atom stereocenters. The van der Waals surface area contributed by atoms with Crippen LogP contribution in [-0.4, -0.2) is 12.3 Å². The van der Waals surface area contributed by atoms with Gasteiger partial charge < -0.3 is 9.47 Å². The summed E-state index contributed by atoms with van der Waals surface area (Å²) in [5, 5.41) is 0. The fourth-order valence-electron chi connectivity index (χ4n) is 2.80. The van der Waals surface area contributed by atoms with Crippen LogP contribution in [0.5, 0.6) is 0 Å². The third-order valence-corrected chi connectivity index (χ3v) is 4.07. The third kappa shape index (κ3) is 4.44. The van der Waals surface area contributed by atoms with E-state index in [2.05, 4.69) is 19.1 Å². The number of unbranched alkanes of at least 4 members (excludes halogenated alkanes) is 1. The maximum Gasteiger partial charge on any atom is 0.342 e. The van der Waals surface area contributed by atoms with Crippen molar-refractivity contribution in [3.63, 3.8) is 0 Å². The molecule has 22 heavy (non-hydrogen) atoms. The second kappa shape index (κ2) is 8.74. The first-order valence-corrected chi connectivity index (χ1v) is 8.28. The normalized spacial score (nSPS) is 22.9. The van der Waals surface area contributed by atoms with E-state index < -0.39 is 12.4 Å². The van der Waals surface area contributed by atoms with Crippen molar-refractivity contribution < 1.29 is 14.3 Å². The van der Waals surface area contributed by atoms with Crippen molar-refractivity contribution in [3.8, 4) is 0 Å². The van der Waals surface area contributed by atoms with Gasteiger partial charge in [-0.25, -0.2) is 4.79 Å². The van der Waals surface area contributed by atoms with E-state index >= 15 is 0 Å². The molecule has 0 aliphatic carbocycles. The molecule has 0 radical (unpaired) electrons. The van der Waals surface area contributed by atoms with Gasteiger partial charge in [-0.1, -0.05) is 62.2 Å². The number of carbonyl (C=O) groups is 1. The molecule has 0 bridgehead atoms. The summed E-state index contributed by atoms with van der Waals surface area (Å²) in [6.45, 7) is 4.20. The summed E-state index contributed by atoms with van der Waals surface area (Å²) in [6, 6.07) is 9.59. The van der Waals surface area contributed by atoms with Crippen LogP contribution in [-0.2, 0) is 14.3 Å². The second-order valence-electron chi connectivity index (χ2n) is 5.78. The summed E-state index contributed by atoms with van der Waals surface area (Å²) in [5.74, 6) is 0.0116. The van der Waals surface area contributed by atoms with Crippen LogP contribution in [0.15, 0.2) is 42.5 Å². The molecule has 1 aliphatic rings. The van der Waals surface area contributed by atoms with Crippen LogP contribution in [0.25, 0.3) is 0 Å². The zero-order valence-electron chi connectivity index (χ0n) is 13.5. The van der Waals surface area contributed by atoms with Crippen LogP contribution in [0.3, 0.4) is 0 Å². The van der Waals surface area contributed by atoms with Gasteiger partial charge in [0.2, 0.25) is 6.29 Å². The molecule has 1 aromatic rings. The number of rotatable bonds is 8. The van der Waals surface area contributed by atoms with Crippen LogP contribution in [0, 0.1) is 5.92 Å². The number of ether oxygens (including phenoxy) is 2. The van der Waals surface area contributed by atoms with Crippen LogP contribution in [0.2, 0.25) is 0 Å². The Labute approximate surface area is 133 Å². The quantitative estimate of drug-likeness (QED) is 0.511. The molecule has 0 saturated carbocycles. The largest absolute Gasteiger partial charge is 0.433 e. The molecule has 0 aromatic heterocycles. The van der Waals surface area contributed by atoms with E-state index in [-0.39, 0.29) is 11.9 Å². The molecule has 3 nitrogen and oxygen atoms in total. The lowest BCUT2D eigenvalue weighted by Gasteiger charge is -2.21. The van der Waals surface area contributed by atoms with Crippen molar-refractivity contribution >= 4 is 5.97 Å². The summed E-state index contributed by atoms with van der Waals surface area (Å²) >= 11 is 0. The Hall–Kier alpha value is -1.61. The molecule has 1 aromatic carbocycles. The fourth-order valence-corrected chi connectivity index (χ4v) is 2.80. The van der Waals surface area contributed by atoms with Crippen molar-refractivity contribution in [2.24, 2.45) is 5.92 Å². The topological polar surface area (TPSA) is 35.5 Å². The van der Waals surface area contributed by atoms with Gasteiger partial charge >= 0.3 is 5.97 Å². The maximum atomic E-state index is 12.1. The molecule has 3 heteroatoms. The van der Waals surface area contributed by atoms with Gasteiger partial charge in [0.05, 0.1) is 0 Å². The van der Waals surface area contributed by atoms with Gasteiger partial charge in [0.1, 0.15) is 0 Å². The molecular formula is C19H26O3. The number of allylic oxidation sites excluding steroid dienone is 2. The van der Waals surface area contributed by atoms with E-state index in [9.17, 15) is 4.79 Å². The molecule has 2 rings (SSSR count). The maximum absolute atomic E-state index is 12.1. The summed E-state index contributed by atoms with van der Waals surface area (Å²) in [6.07, 6.45) is 8.54. The van der Waals surface area contributed by atoms with Gasteiger partial charge in [-0.2, -0.15) is 0 Å². The summed E-state index contributed by atoms with van der Waals surface area (Å²) < 4.78 is 11.5. The third-order valence-electron chi connectivity index (χ3n) is 4.07. The minimum atomic E-state index is -0.572. The minimum absolute atomic E-state index is 0.260. The summed E-state index contributed by atoms with van der Waals surface area (Å²) in [4.78, 5) is 12.1. The molecule has 3 atom stereocenters. The first-order chi connectivity index (χ1) is 10.8. The highest BCUT2D eigenvalue weighted by molar-refractivity contribution is 5.78. The Kier molecular flexibility index (Phi) is 6.66. The molecule has 1 aliphatic heterocycles. The smallest absolute Gasteiger partial charge is 0.342 e. The van der Waals surface area contributed by atoms with Crippen molar-refractivity contribution in [1.29, 1.82) is 0 Å². The molecular weight excluding hydrogens is 276 g/mol. The van der Waals surface area contributed by atoms with E-state index in [1.54, 1.807) is 0 Å². The summed E-state index contributed by atoms with van der Waals surface area (Å²) in [5.41, 5.74) is 0.873. The molecule has 0 N–H and O–H groups in total. The van der Waals surface area contributed by atoms with Crippen LogP contribution in [0.1, 0.15) is 57.6 Å².